The molecule has 1 unspecified atom stereocenters. The fraction of sp³-hybridized carbons (Fsp3) is 0.318. The Morgan fingerprint density at radius 2 is 1.91 bits per heavy atom. The summed E-state index contributed by atoms with van der Waals surface area (Å²) in [6.45, 7) is 2.39. The number of nitrogens with zero attached hydrogens (tertiary/aromatic N) is 2. The highest BCUT2D eigenvalue weighted by Gasteiger charge is 2.20. The van der Waals surface area contributed by atoms with Crippen LogP contribution in [0, 0.1) is 0 Å². The molecule has 2 aromatic carbocycles. The third-order valence-electron chi connectivity index (χ3n) is 4.70. The van der Waals surface area contributed by atoms with Gasteiger partial charge in [-0.1, -0.05) is 23.4 Å². The van der Waals surface area contributed by atoms with Crippen molar-refractivity contribution in [3.05, 3.63) is 51.8 Å². The van der Waals surface area contributed by atoms with E-state index < -0.39 is 5.25 Å². The Hall–Kier alpha value is -2.75. The first-order valence-electron chi connectivity index (χ1n) is 9.76. The number of halogens is 1. The lowest BCUT2D eigenvalue weighted by molar-refractivity contribution is -0.115. The Labute approximate surface area is 194 Å². The molecule has 0 fully saturated rings. The van der Waals surface area contributed by atoms with Gasteiger partial charge in [-0.05, 0) is 37.3 Å². The van der Waals surface area contributed by atoms with Crippen molar-refractivity contribution in [3.63, 3.8) is 0 Å². The molecule has 0 bridgehead atoms. The van der Waals surface area contributed by atoms with Crippen LogP contribution in [0.3, 0.4) is 0 Å². The van der Waals surface area contributed by atoms with E-state index in [-0.39, 0.29) is 11.5 Å². The van der Waals surface area contributed by atoms with E-state index in [1.54, 1.807) is 57.5 Å². The molecule has 1 N–H and O–H groups in total. The topological polar surface area (TPSA) is 91.7 Å². The molecule has 1 aromatic heterocycles. The van der Waals surface area contributed by atoms with Gasteiger partial charge in [-0.3, -0.25) is 14.2 Å². The molecule has 3 rings (SSSR count). The molecule has 1 heterocycles. The number of aromatic nitrogens is 2. The molecule has 10 heteroatoms. The van der Waals surface area contributed by atoms with Crippen LogP contribution in [0.1, 0.15) is 6.92 Å². The van der Waals surface area contributed by atoms with Gasteiger partial charge in [0, 0.05) is 23.9 Å². The average molecular weight is 478 g/mol. The smallest absolute Gasteiger partial charge is 0.262 e. The van der Waals surface area contributed by atoms with Crippen LogP contribution in [0.4, 0.5) is 5.69 Å². The number of rotatable bonds is 9. The molecule has 0 aliphatic rings. The number of fused-ring (bicyclic) bond motifs is 1. The molecule has 0 spiro atoms. The van der Waals surface area contributed by atoms with E-state index in [9.17, 15) is 9.59 Å². The van der Waals surface area contributed by atoms with Gasteiger partial charge in [0.2, 0.25) is 5.91 Å². The first-order valence-corrected chi connectivity index (χ1v) is 11.0. The zero-order chi connectivity index (χ0) is 23.3. The summed E-state index contributed by atoms with van der Waals surface area (Å²) in [6, 6.07) is 10.1. The summed E-state index contributed by atoms with van der Waals surface area (Å²) in [6.07, 6.45) is 0. The molecule has 1 amide bonds. The second-order valence-electron chi connectivity index (χ2n) is 6.82. The summed E-state index contributed by atoms with van der Waals surface area (Å²) < 4.78 is 17.2. The maximum absolute atomic E-state index is 13.0. The van der Waals surface area contributed by atoms with Gasteiger partial charge in [0.25, 0.3) is 5.56 Å². The number of anilines is 1. The average Bonchev–Trinajstić information content (AvgIpc) is 2.78. The Morgan fingerprint density at radius 3 is 2.59 bits per heavy atom. The number of hydrogen-bond acceptors (Lipinski definition) is 7. The second-order valence-corrected chi connectivity index (χ2v) is 8.57. The Morgan fingerprint density at radius 1 is 1.16 bits per heavy atom. The Kier molecular flexibility index (Phi) is 8.00. The third-order valence-corrected chi connectivity index (χ3v) is 6.03. The number of benzene rings is 2. The minimum atomic E-state index is -0.541. The highest BCUT2D eigenvalue weighted by atomic mass is 35.5. The van der Waals surface area contributed by atoms with Crippen molar-refractivity contribution in [2.45, 2.75) is 23.9 Å². The number of methoxy groups -OCH3 is 3. The summed E-state index contributed by atoms with van der Waals surface area (Å²) in [4.78, 5) is 30.5. The lowest BCUT2D eigenvalue weighted by Gasteiger charge is -2.17. The number of thioether (sulfide) groups is 1. The van der Waals surface area contributed by atoms with Crippen LogP contribution in [0.2, 0.25) is 5.02 Å². The summed E-state index contributed by atoms with van der Waals surface area (Å²) in [5.74, 6) is 0.821. The lowest BCUT2D eigenvalue weighted by atomic mass is 10.2. The van der Waals surface area contributed by atoms with Crippen LogP contribution in [0.25, 0.3) is 10.9 Å². The van der Waals surface area contributed by atoms with Crippen molar-refractivity contribution in [2.24, 2.45) is 0 Å². The van der Waals surface area contributed by atoms with E-state index in [1.807, 2.05) is 0 Å². The van der Waals surface area contributed by atoms with Gasteiger partial charge in [0.15, 0.2) is 16.7 Å². The van der Waals surface area contributed by atoms with Crippen molar-refractivity contribution in [3.8, 4) is 11.5 Å². The van der Waals surface area contributed by atoms with E-state index in [2.05, 4.69) is 10.3 Å². The zero-order valence-corrected chi connectivity index (χ0v) is 19.7. The quantitative estimate of drug-likeness (QED) is 0.370. The standard InChI is InChI=1S/C22H24ClN3O5S/c1-13(20(27)24-15-6-8-18(30-3)19(12-15)31-4)32-22-25-17-11-14(23)5-7-16(17)21(28)26(22)9-10-29-2/h5-8,11-13H,9-10H2,1-4H3,(H,24,27). The van der Waals surface area contributed by atoms with Crippen LogP contribution in [0.5, 0.6) is 11.5 Å². The van der Waals surface area contributed by atoms with Gasteiger partial charge in [-0.25, -0.2) is 4.98 Å². The first kappa shape index (κ1) is 23.9. The van der Waals surface area contributed by atoms with Gasteiger partial charge in [0.05, 0.1) is 43.5 Å². The first-order chi connectivity index (χ1) is 15.4. The van der Waals surface area contributed by atoms with Crippen molar-refractivity contribution in [1.82, 2.24) is 9.55 Å². The van der Waals surface area contributed by atoms with Crippen molar-refractivity contribution >= 4 is 45.9 Å². The number of ether oxygens (including phenoxy) is 3. The monoisotopic (exact) mass is 477 g/mol. The highest BCUT2D eigenvalue weighted by Crippen LogP contribution is 2.30. The van der Waals surface area contributed by atoms with Crippen molar-refractivity contribution in [1.29, 1.82) is 0 Å². The Bertz CT molecular complexity index is 1180. The molecule has 32 heavy (non-hydrogen) atoms. The van der Waals surface area contributed by atoms with Crippen LogP contribution in [-0.4, -0.2) is 48.6 Å². The van der Waals surface area contributed by atoms with E-state index in [0.717, 1.165) is 0 Å². The molecule has 0 aliphatic carbocycles. The number of amides is 1. The summed E-state index contributed by atoms with van der Waals surface area (Å²) in [5.41, 5.74) is 0.833. The van der Waals surface area contributed by atoms with Crippen LogP contribution >= 0.6 is 23.4 Å². The van der Waals surface area contributed by atoms with Gasteiger partial charge in [-0.15, -0.1) is 0 Å². The van der Waals surface area contributed by atoms with E-state index in [4.69, 9.17) is 25.8 Å². The van der Waals surface area contributed by atoms with Crippen LogP contribution < -0.4 is 20.3 Å². The molecule has 1 atom stereocenters. The number of carbonyl (C=O) groups is 1. The molecule has 3 aromatic rings. The summed E-state index contributed by atoms with van der Waals surface area (Å²) in [5, 5.41) is 3.66. The molecular formula is C22H24ClN3O5S. The predicted octanol–water partition coefficient (Wildman–Crippen LogP) is 3.83. The third kappa shape index (κ3) is 5.35. The highest BCUT2D eigenvalue weighted by molar-refractivity contribution is 8.00. The van der Waals surface area contributed by atoms with Crippen LogP contribution in [0.15, 0.2) is 46.3 Å². The van der Waals surface area contributed by atoms with Crippen molar-refractivity contribution < 1.29 is 19.0 Å². The molecule has 0 radical (unpaired) electrons. The van der Waals surface area contributed by atoms with Crippen molar-refractivity contribution in [2.75, 3.05) is 33.3 Å². The van der Waals surface area contributed by atoms with Crippen LogP contribution in [-0.2, 0) is 16.1 Å². The number of carbonyl (C=O) groups excluding carboxylic acids is 1. The van der Waals surface area contributed by atoms with E-state index in [0.29, 0.717) is 51.4 Å². The predicted molar refractivity (Wildman–Crippen MR) is 126 cm³/mol. The molecule has 0 saturated heterocycles. The molecule has 8 nitrogen and oxygen atoms in total. The van der Waals surface area contributed by atoms with Gasteiger partial charge in [0.1, 0.15) is 0 Å². The minimum Gasteiger partial charge on any atom is -0.493 e. The fourth-order valence-corrected chi connectivity index (χ4v) is 4.11. The molecule has 0 saturated carbocycles. The Balaban J connectivity index is 1.87. The normalized spacial score (nSPS) is 11.9. The maximum atomic E-state index is 13.0. The van der Waals surface area contributed by atoms with Gasteiger partial charge < -0.3 is 19.5 Å². The van der Waals surface area contributed by atoms with E-state index >= 15 is 0 Å². The van der Waals surface area contributed by atoms with E-state index in [1.165, 1.54) is 23.4 Å². The summed E-state index contributed by atoms with van der Waals surface area (Å²) in [7, 11) is 4.63. The van der Waals surface area contributed by atoms with Gasteiger partial charge in [-0.2, -0.15) is 0 Å². The summed E-state index contributed by atoms with van der Waals surface area (Å²) >= 11 is 7.27. The maximum Gasteiger partial charge on any atom is 0.262 e. The van der Waals surface area contributed by atoms with Gasteiger partial charge >= 0.3 is 0 Å². The SMILES string of the molecule is COCCn1c(SC(C)C(=O)Nc2ccc(OC)c(OC)c2)nc2cc(Cl)ccc2c1=O. The molecular weight excluding hydrogens is 454 g/mol. The fourth-order valence-electron chi connectivity index (χ4n) is 3.01. The second kappa shape index (κ2) is 10.7. The molecule has 170 valence electrons. The largest absolute Gasteiger partial charge is 0.493 e. The molecule has 0 aliphatic heterocycles. The minimum absolute atomic E-state index is 0.210. The zero-order valence-electron chi connectivity index (χ0n) is 18.2. The number of nitrogens with one attached hydrogen (secondary N) is 1. The number of hydrogen-bond donors (Lipinski definition) is 1. The lowest BCUT2D eigenvalue weighted by Crippen LogP contribution is -2.28.